The van der Waals surface area contributed by atoms with Gasteiger partial charge in [0.25, 0.3) is 0 Å². The van der Waals surface area contributed by atoms with Crippen LogP contribution in [0.2, 0.25) is 0 Å². The molecule has 2 bridgehead atoms. The Kier molecular flexibility index (Phi) is 2.07. The van der Waals surface area contributed by atoms with Crippen molar-refractivity contribution in [3.8, 4) is 0 Å². The van der Waals surface area contributed by atoms with Crippen molar-refractivity contribution in [1.29, 1.82) is 0 Å². The van der Waals surface area contributed by atoms with Crippen LogP contribution in [0.15, 0.2) is 12.2 Å². The first-order valence-electron chi connectivity index (χ1n) is 5.80. The first-order valence-corrected chi connectivity index (χ1v) is 7.30. The highest BCUT2D eigenvalue weighted by molar-refractivity contribution is 7.89. The molecule has 1 spiro atoms. The molecule has 0 amide bonds. The van der Waals surface area contributed by atoms with Gasteiger partial charge < -0.3 is 4.74 Å². The number of nitrogens with zero attached hydrogens (tertiary/aromatic N) is 1. The van der Waals surface area contributed by atoms with E-state index in [1.807, 2.05) is 0 Å². The van der Waals surface area contributed by atoms with E-state index in [-0.39, 0.29) is 17.0 Å². The largest absolute Gasteiger partial charge is 0.362 e. The van der Waals surface area contributed by atoms with E-state index in [0.717, 1.165) is 6.42 Å². The first kappa shape index (κ1) is 10.7. The summed E-state index contributed by atoms with van der Waals surface area (Å²) in [7, 11) is -3.13. The average Bonchev–Trinajstić information content (AvgIpc) is 2.81. The van der Waals surface area contributed by atoms with Gasteiger partial charge in [-0.05, 0) is 20.3 Å². The van der Waals surface area contributed by atoms with Crippen molar-refractivity contribution in [3.05, 3.63) is 12.2 Å². The van der Waals surface area contributed by atoms with Crippen LogP contribution in [-0.4, -0.2) is 42.8 Å². The van der Waals surface area contributed by atoms with Crippen LogP contribution in [0.3, 0.4) is 0 Å². The zero-order valence-electron chi connectivity index (χ0n) is 9.59. The molecule has 0 aromatic carbocycles. The molecule has 3 atom stereocenters. The van der Waals surface area contributed by atoms with Crippen molar-refractivity contribution in [2.45, 2.75) is 37.2 Å². The number of rotatable bonds is 2. The van der Waals surface area contributed by atoms with Crippen molar-refractivity contribution in [2.24, 2.45) is 5.92 Å². The van der Waals surface area contributed by atoms with Crippen LogP contribution in [0.25, 0.3) is 0 Å². The SMILES string of the molecule is CC(C)S(=O)(=O)N1C[C@H]2C[C@@H]3C=C[C@@]2(C1)O3. The predicted octanol–water partition coefficient (Wildman–Crippen LogP) is 0.754. The molecular weight excluding hydrogens is 226 g/mol. The van der Waals surface area contributed by atoms with E-state index < -0.39 is 10.0 Å². The van der Waals surface area contributed by atoms with Gasteiger partial charge in [0.15, 0.2) is 0 Å². The van der Waals surface area contributed by atoms with Crippen LogP contribution in [0.1, 0.15) is 20.3 Å². The minimum absolute atomic E-state index is 0.230. The monoisotopic (exact) mass is 243 g/mol. The molecule has 2 fully saturated rings. The van der Waals surface area contributed by atoms with Crippen molar-refractivity contribution >= 4 is 10.0 Å². The maximum absolute atomic E-state index is 12.1. The van der Waals surface area contributed by atoms with Crippen molar-refractivity contribution in [2.75, 3.05) is 13.1 Å². The highest BCUT2D eigenvalue weighted by atomic mass is 32.2. The summed E-state index contributed by atoms with van der Waals surface area (Å²) >= 11 is 0. The summed E-state index contributed by atoms with van der Waals surface area (Å²) in [4.78, 5) is 0. The van der Waals surface area contributed by atoms with Crippen LogP contribution in [-0.2, 0) is 14.8 Å². The molecule has 2 saturated heterocycles. The standard InChI is InChI=1S/C11H17NO3S/c1-8(2)16(13,14)12-6-9-5-10-3-4-11(9,7-12)15-10/h3-4,8-10H,5-7H2,1-2H3/t9-,10+,11+/m1/s1. The van der Waals surface area contributed by atoms with Crippen LogP contribution >= 0.6 is 0 Å². The van der Waals surface area contributed by atoms with Crippen LogP contribution in [0, 0.1) is 5.92 Å². The first-order chi connectivity index (χ1) is 7.44. The number of hydrogen-bond donors (Lipinski definition) is 0. The molecule has 0 N–H and O–H groups in total. The zero-order chi connectivity index (χ0) is 11.6. The van der Waals surface area contributed by atoms with E-state index in [1.54, 1.807) is 18.2 Å². The number of fused-ring (bicyclic) bond motifs is 1. The van der Waals surface area contributed by atoms with Crippen LogP contribution in [0.4, 0.5) is 0 Å². The van der Waals surface area contributed by atoms with E-state index >= 15 is 0 Å². The summed E-state index contributed by atoms with van der Waals surface area (Å²) in [5.41, 5.74) is -0.299. The van der Waals surface area contributed by atoms with Gasteiger partial charge in [0, 0.05) is 19.0 Å². The van der Waals surface area contributed by atoms with Gasteiger partial charge in [0.2, 0.25) is 10.0 Å². The molecule has 3 aliphatic heterocycles. The smallest absolute Gasteiger partial charge is 0.216 e. The second-order valence-electron chi connectivity index (χ2n) is 5.29. The minimum Gasteiger partial charge on any atom is -0.362 e. The van der Waals surface area contributed by atoms with Gasteiger partial charge in [0.05, 0.1) is 11.4 Å². The van der Waals surface area contributed by atoms with Crippen molar-refractivity contribution in [3.63, 3.8) is 0 Å². The van der Waals surface area contributed by atoms with E-state index in [2.05, 4.69) is 12.2 Å². The maximum atomic E-state index is 12.1. The molecule has 3 heterocycles. The van der Waals surface area contributed by atoms with Gasteiger partial charge in [0.1, 0.15) is 5.60 Å². The Morgan fingerprint density at radius 3 is 2.81 bits per heavy atom. The lowest BCUT2D eigenvalue weighted by Gasteiger charge is -2.23. The van der Waals surface area contributed by atoms with E-state index in [1.165, 1.54) is 0 Å². The Morgan fingerprint density at radius 2 is 2.25 bits per heavy atom. The molecule has 0 radical (unpaired) electrons. The molecule has 3 aliphatic rings. The summed E-state index contributed by atoms with van der Waals surface area (Å²) in [6, 6.07) is 0. The highest BCUT2D eigenvalue weighted by Crippen LogP contribution is 2.48. The minimum atomic E-state index is -3.13. The normalized spacial score (nSPS) is 42.2. The summed E-state index contributed by atoms with van der Waals surface area (Å²) < 4.78 is 31.6. The number of ether oxygens (including phenoxy) is 1. The fourth-order valence-corrected chi connectivity index (χ4v) is 4.36. The highest BCUT2D eigenvalue weighted by Gasteiger charge is 2.57. The molecule has 3 rings (SSSR count). The second-order valence-corrected chi connectivity index (χ2v) is 7.78. The zero-order valence-corrected chi connectivity index (χ0v) is 10.4. The summed E-state index contributed by atoms with van der Waals surface area (Å²) in [5.74, 6) is 0.357. The fraction of sp³-hybridized carbons (Fsp3) is 0.818. The predicted molar refractivity (Wildman–Crippen MR) is 60.5 cm³/mol. The van der Waals surface area contributed by atoms with Crippen LogP contribution < -0.4 is 0 Å². The van der Waals surface area contributed by atoms with E-state index in [4.69, 9.17) is 4.74 Å². The fourth-order valence-electron chi connectivity index (χ4n) is 3.00. The van der Waals surface area contributed by atoms with E-state index in [9.17, 15) is 8.42 Å². The average molecular weight is 243 g/mol. The molecule has 0 saturated carbocycles. The van der Waals surface area contributed by atoms with Crippen LogP contribution in [0.5, 0.6) is 0 Å². The lowest BCUT2D eigenvalue weighted by molar-refractivity contribution is 0.0291. The molecule has 0 aliphatic carbocycles. The quantitative estimate of drug-likeness (QED) is 0.673. The molecule has 90 valence electrons. The molecule has 4 nitrogen and oxygen atoms in total. The van der Waals surface area contributed by atoms with Gasteiger partial charge in [-0.3, -0.25) is 0 Å². The topological polar surface area (TPSA) is 46.6 Å². The van der Waals surface area contributed by atoms with E-state index in [0.29, 0.717) is 19.0 Å². The number of sulfonamides is 1. The summed E-state index contributed by atoms with van der Waals surface area (Å²) in [5, 5.41) is -0.344. The summed E-state index contributed by atoms with van der Waals surface area (Å²) in [6.45, 7) is 4.59. The van der Waals surface area contributed by atoms with Gasteiger partial charge in [-0.25, -0.2) is 8.42 Å². The second kappa shape index (κ2) is 3.09. The Balaban J connectivity index is 1.88. The summed E-state index contributed by atoms with van der Waals surface area (Å²) in [6.07, 6.45) is 5.35. The lowest BCUT2D eigenvalue weighted by Crippen LogP contribution is -2.38. The molecule has 0 aromatic heterocycles. The van der Waals surface area contributed by atoms with Gasteiger partial charge in [-0.15, -0.1) is 0 Å². The van der Waals surface area contributed by atoms with Gasteiger partial charge in [-0.2, -0.15) is 4.31 Å². The molecule has 5 heteroatoms. The molecule has 0 aromatic rings. The maximum Gasteiger partial charge on any atom is 0.216 e. The molecule has 0 unspecified atom stereocenters. The Bertz CT molecular complexity index is 442. The Labute approximate surface area is 96.3 Å². The van der Waals surface area contributed by atoms with Crippen molar-refractivity contribution < 1.29 is 13.2 Å². The third kappa shape index (κ3) is 1.25. The Morgan fingerprint density at radius 1 is 1.50 bits per heavy atom. The lowest BCUT2D eigenvalue weighted by atomic mass is 9.86. The third-order valence-corrected chi connectivity index (χ3v) is 6.16. The molecule has 16 heavy (non-hydrogen) atoms. The van der Waals surface area contributed by atoms with Gasteiger partial charge >= 0.3 is 0 Å². The van der Waals surface area contributed by atoms with Gasteiger partial charge in [-0.1, -0.05) is 12.2 Å². The number of hydrogen-bond acceptors (Lipinski definition) is 3. The van der Waals surface area contributed by atoms with Crippen molar-refractivity contribution in [1.82, 2.24) is 4.31 Å². The Hall–Kier alpha value is -0.390. The molecular formula is C11H17NO3S. The third-order valence-electron chi connectivity index (χ3n) is 3.97.